The number of hydrogen-bond donors (Lipinski definition) is 3. The molecule has 3 N–H and O–H groups in total. The Morgan fingerprint density at radius 1 is 1.00 bits per heavy atom. The molecule has 3 aliphatic rings. The maximum Gasteiger partial charge on any atom is 0.408 e. The summed E-state index contributed by atoms with van der Waals surface area (Å²) >= 11 is 0. The number of methoxy groups -OCH3 is 1. The number of nitrogens with zero attached hydrogens (tertiary/aromatic N) is 1. The van der Waals surface area contributed by atoms with Gasteiger partial charge in [-0.05, 0) is 69.1 Å². The van der Waals surface area contributed by atoms with Gasteiger partial charge in [-0.2, -0.15) is 0 Å². The van der Waals surface area contributed by atoms with Crippen LogP contribution in [0.2, 0.25) is 0 Å². The molecule has 1 saturated heterocycles. The molecule has 4 amide bonds. The molecule has 2 aliphatic carbocycles. The number of alkyl carbamates (subject to hydrolysis) is 1. The largest absolute Gasteiger partial charge is 0.444 e. The minimum atomic E-state index is -3.89. The number of rotatable bonds is 13. The molecule has 0 aromatic heterocycles. The Labute approximate surface area is 300 Å². The Morgan fingerprint density at radius 2 is 1.63 bits per heavy atom. The van der Waals surface area contributed by atoms with Gasteiger partial charge in [-0.25, -0.2) is 13.2 Å². The van der Waals surface area contributed by atoms with Gasteiger partial charge >= 0.3 is 6.09 Å². The topological polar surface area (TPSA) is 160 Å². The van der Waals surface area contributed by atoms with Crippen LogP contribution in [0.5, 0.6) is 0 Å². The van der Waals surface area contributed by atoms with E-state index in [1.807, 2.05) is 68.4 Å². The van der Waals surface area contributed by atoms with E-state index in [0.717, 1.165) is 16.7 Å². The van der Waals surface area contributed by atoms with Gasteiger partial charge in [0.15, 0.2) is 0 Å². The van der Waals surface area contributed by atoms with Gasteiger partial charge in [-0.1, -0.05) is 74.5 Å². The fourth-order valence-electron chi connectivity index (χ4n) is 6.77. The SMILES string of the molecule is C=C[C@@H]1C[C@]1(NC(=O)[C@@H]1C[C@@](OC)(c2ccc(-c3ccccc3)cc2)CN1C(=O)[C@H](CC(C)C)NC(=O)OC(C)(C)C)C(=O)NS(=O)(=O)C1CC1. The summed E-state index contributed by atoms with van der Waals surface area (Å²) < 4.78 is 39.2. The highest BCUT2D eigenvalue weighted by atomic mass is 32.2. The number of nitrogens with one attached hydrogen (secondary N) is 3. The number of hydrogen-bond acceptors (Lipinski definition) is 8. The first kappa shape index (κ1) is 38.0. The first-order chi connectivity index (χ1) is 23.9. The maximum atomic E-state index is 14.5. The van der Waals surface area contributed by atoms with Gasteiger partial charge in [0.05, 0.1) is 11.8 Å². The molecular formula is C38H50N4O8S. The summed E-state index contributed by atoms with van der Waals surface area (Å²) in [7, 11) is -2.37. The highest BCUT2D eigenvalue weighted by Gasteiger charge is 2.62. The van der Waals surface area contributed by atoms with Crippen LogP contribution in [0.1, 0.15) is 72.3 Å². The van der Waals surface area contributed by atoms with E-state index in [9.17, 15) is 27.6 Å². The molecule has 1 heterocycles. The molecular weight excluding hydrogens is 673 g/mol. The van der Waals surface area contributed by atoms with E-state index in [-0.39, 0.29) is 31.7 Å². The molecule has 12 nitrogen and oxygen atoms in total. The normalized spacial score (nSPS) is 25.1. The maximum absolute atomic E-state index is 14.5. The lowest BCUT2D eigenvalue weighted by Crippen LogP contribution is -2.58. The Balaban J connectivity index is 1.48. The van der Waals surface area contributed by atoms with E-state index in [1.54, 1.807) is 20.8 Å². The summed E-state index contributed by atoms with van der Waals surface area (Å²) in [4.78, 5) is 56.7. The number of ether oxygens (including phenoxy) is 2. The number of sulfonamides is 1. The number of likely N-dealkylation sites (tertiary alicyclic amines) is 1. The highest BCUT2D eigenvalue weighted by Crippen LogP contribution is 2.46. The molecule has 0 unspecified atom stereocenters. The molecule has 0 spiro atoms. The second-order valence-corrected chi connectivity index (χ2v) is 17.3. The van der Waals surface area contributed by atoms with Crippen molar-refractivity contribution in [1.82, 2.24) is 20.3 Å². The molecule has 0 bridgehead atoms. The standard InChI is InChI=1S/C38H50N4O8S/c1-8-27-21-38(27,34(45)41-51(47,48)29-18-19-29)40-32(43)31-22-37(49-7,28-16-14-26(15-17-28)25-12-10-9-11-13-25)23-42(31)33(44)30(20-24(2)3)39-35(46)50-36(4,5)6/h8-17,24,27,29-31H,1,18-23H2,2-7H3,(H,39,46)(H,40,43)(H,41,45)/t27-,30+,31+,37+,38-/m1/s1. The lowest BCUT2D eigenvalue weighted by atomic mass is 9.89. The number of carbonyl (C=O) groups excluding carboxylic acids is 4. The molecule has 51 heavy (non-hydrogen) atoms. The van der Waals surface area contributed by atoms with Crippen LogP contribution >= 0.6 is 0 Å². The minimum Gasteiger partial charge on any atom is -0.444 e. The molecule has 13 heteroatoms. The van der Waals surface area contributed by atoms with E-state index in [0.29, 0.717) is 12.8 Å². The summed E-state index contributed by atoms with van der Waals surface area (Å²) in [6, 6.07) is 15.4. The van der Waals surface area contributed by atoms with Crippen LogP contribution in [-0.4, -0.2) is 79.3 Å². The highest BCUT2D eigenvalue weighted by molar-refractivity contribution is 7.91. The van der Waals surface area contributed by atoms with Gasteiger partial charge < -0.3 is 25.0 Å². The van der Waals surface area contributed by atoms with Gasteiger partial charge in [-0.3, -0.25) is 19.1 Å². The second kappa shape index (κ2) is 14.4. The van der Waals surface area contributed by atoms with E-state index < -0.39 is 73.8 Å². The summed E-state index contributed by atoms with van der Waals surface area (Å²) in [5.74, 6) is -2.52. The molecule has 1 aliphatic heterocycles. The van der Waals surface area contributed by atoms with Crippen LogP contribution in [0.25, 0.3) is 11.1 Å². The van der Waals surface area contributed by atoms with Crippen molar-refractivity contribution in [2.24, 2.45) is 11.8 Å². The number of carbonyl (C=O) groups is 4. The van der Waals surface area contributed by atoms with Gasteiger partial charge in [-0.15, -0.1) is 6.58 Å². The zero-order valence-corrected chi connectivity index (χ0v) is 31.0. The van der Waals surface area contributed by atoms with Crippen molar-refractivity contribution in [3.63, 3.8) is 0 Å². The molecule has 2 saturated carbocycles. The lowest BCUT2D eigenvalue weighted by molar-refractivity contribution is -0.141. The third kappa shape index (κ3) is 8.47. The van der Waals surface area contributed by atoms with Crippen molar-refractivity contribution in [3.8, 4) is 11.1 Å². The molecule has 5 atom stereocenters. The summed E-state index contributed by atoms with van der Waals surface area (Å²) in [6.45, 7) is 12.7. The summed E-state index contributed by atoms with van der Waals surface area (Å²) in [5.41, 5.74) is -0.755. The first-order valence-electron chi connectivity index (χ1n) is 17.5. The Kier molecular flexibility index (Phi) is 10.7. The fraction of sp³-hybridized carbons (Fsp3) is 0.526. The molecule has 2 aromatic rings. The van der Waals surface area contributed by atoms with Crippen LogP contribution in [-0.2, 0) is 39.5 Å². The van der Waals surface area contributed by atoms with Crippen molar-refractivity contribution in [1.29, 1.82) is 0 Å². The molecule has 276 valence electrons. The smallest absolute Gasteiger partial charge is 0.408 e. The second-order valence-electron chi connectivity index (χ2n) is 15.3. The average molecular weight is 723 g/mol. The zero-order chi connectivity index (χ0) is 37.4. The van der Waals surface area contributed by atoms with Crippen LogP contribution in [0.15, 0.2) is 67.3 Å². The molecule has 3 fully saturated rings. The first-order valence-corrected chi connectivity index (χ1v) is 19.0. The zero-order valence-electron chi connectivity index (χ0n) is 30.2. The number of benzene rings is 2. The molecule has 2 aromatic carbocycles. The van der Waals surface area contributed by atoms with Crippen molar-refractivity contribution in [2.45, 2.75) is 101 Å². The quantitative estimate of drug-likeness (QED) is 0.257. The lowest BCUT2D eigenvalue weighted by Gasteiger charge is -2.32. The molecule has 5 rings (SSSR count). The Morgan fingerprint density at radius 3 is 2.16 bits per heavy atom. The van der Waals surface area contributed by atoms with E-state index >= 15 is 0 Å². The van der Waals surface area contributed by atoms with Crippen molar-refractivity contribution in [2.75, 3.05) is 13.7 Å². The summed E-state index contributed by atoms with van der Waals surface area (Å²) in [6.07, 6.45) is 2.12. The van der Waals surface area contributed by atoms with Gasteiger partial charge in [0, 0.05) is 19.4 Å². The van der Waals surface area contributed by atoms with Crippen LogP contribution < -0.4 is 15.4 Å². The average Bonchev–Trinajstić information content (AvgIpc) is 4.00. The van der Waals surface area contributed by atoms with E-state index in [1.165, 1.54) is 18.1 Å². The molecule has 0 radical (unpaired) electrons. The number of amides is 4. The summed E-state index contributed by atoms with van der Waals surface area (Å²) in [5, 5.41) is 4.91. The van der Waals surface area contributed by atoms with Crippen molar-refractivity contribution in [3.05, 3.63) is 72.8 Å². The van der Waals surface area contributed by atoms with Crippen LogP contribution in [0, 0.1) is 11.8 Å². The predicted molar refractivity (Wildman–Crippen MR) is 193 cm³/mol. The Bertz CT molecular complexity index is 1750. The van der Waals surface area contributed by atoms with Crippen molar-refractivity contribution < 1.29 is 37.1 Å². The van der Waals surface area contributed by atoms with E-state index in [4.69, 9.17) is 9.47 Å². The van der Waals surface area contributed by atoms with Crippen molar-refractivity contribution >= 4 is 33.8 Å². The predicted octanol–water partition coefficient (Wildman–Crippen LogP) is 4.40. The van der Waals surface area contributed by atoms with Gasteiger partial charge in [0.2, 0.25) is 21.8 Å². The Hall–Kier alpha value is -4.23. The minimum absolute atomic E-state index is 0.0123. The van der Waals surface area contributed by atoms with Gasteiger partial charge in [0.25, 0.3) is 5.91 Å². The van der Waals surface area contributed by atoms with Crippen LogP contribution in [0.4, 0.5) is 4.79 Å². The van der Waals surface area contributed by atoms with E-state index in [2.05, 4.69) is 21.9 Å². The van der Waals surface area contributed by atoms with Crippen LogP contribution in [0.3, 0.4) is 0 Å². The third-order valence-electron chi connectivity index (χ3n) is 9.76. The fourth-order valence-corrected chi connectivity index (χ4v) is 8.14. The third-order valence-corrected chi connectivity index (χ3v) is 11.6. The monoisotopic (exact) mass is 722 g/mol. The van der Waals surface area contributed by atoms with Gasteiger partial charge in [0.1, 0.15) is 28.8 Å².